The lowest BCUT2D eigenvalue weighted by Gasteiger charge is -2.16. The monoisotopic (exact) mass is 276 g/mol. The van der Waals surface area contributed by atoms with Gasteiger partial charge in [-0.2, -0.15) is 0 Å². The number of hydrogen-bond donors (Lipinski definition) is 0. The first-order valence-electron chi connectivity index (χ1n) is 6.90. The zero-order valence-corrected chi connectivity index (χ0v) is 13.4. The molecule has 0 bridgehead atoms. The summed E-state index contributed by atoms with van der Waals surface area (Å²) in [7, 11) is -1.44. The fraction of sp³-hybridized carbons (Fsp3) is 0.158. The predicted molar refractivity (Wildman–Crippen MR) is 91.1 cm³/mol. The molecule has 0 radical (unpaired) electrons. The molecule has 100 valence electrons. The molecule has 1 heteroatoms. The smallest absolute Gasteiger partial charge is 0.0707 e. The van der Waals surface area contributed by atoms with E-state index in [-0.39, 0.29) is 0 Å². The van der Waals surface area contributed by atoms with Gasteiger partial charge in [-0.15, -0.1) is 0 Å². The molecule has 0 fully saturated rings. The van der Waals surface area contributed by atoms with Crippen LogP contribution in [0.3, 0.4) is 0 Å². The van der Waals surface area contributed by atoms with Crippen molar-refractivity contribution in [3.8, 4) is 11.8 Å². The maximum absolute atomic E-state index is 3.40. The molecule has 0 saturated carbocycles. The first kappa shape index (κ1) is 14.4. The molecule has 20 heavy (non-hydrogen) atoms. The van der Waals surface area contributed by atoms with E-state index in [1.807, 2.05) is 24.3 Å². The summed E-state index contributed by atoms with van der Waals surface area (Å²) in [5.41, 5.74) is 2.30. The minimum Gasteiger partial charge on any atom is -0.0707 e. The van der Waals surface area contributed by atoms with Gasteiger partial charge in [0.05, 0.1) is 8.07 Å². The highest BCUT2D eigenvalue weighted by Crippen LogP contribution is 2.17. The van der Waals surface area contributed by atoms with Gasteiger partial charge in [0.15, 0.2) is 0 Å². The predicted octanol–water partition coefficient (Wildman–Crippen LogP) is 5.00. The summed E-state index contributed by atoms with van der Waals surface area (Å²) in [6, 6.07) is 20.6. The summed E-state index contributed by atoms with van der Waals surface area (Å²) in [5, 5.41) is 1.28. The average molecular weight is 276 g/mol. The highest BCUT2D eigenvalue weighted by Gasteiger charge is 2.17. The molecule has 0 aliphatic heterocycles. The van der Waals surface area contributed by atoms with Crippen molar-refractivity contribution in [3.63, 3.8) is 0 Å². The van der Waals surface area contributed by atoms with Crippen LogP contribution in [-0.4, -0.2) is 8.07 Å². The maximum Gasteiger partial charge on any atom is 0.0884 e. The van der Waals surface area contributed by atoms with Gasteiger partial charge in [0.25, 0.3) is 0 Å². The van der Waals surface area contributed by atoms with E-state index >= 15 is 0 Å². The third kappa shape index (κ3) is 4.26. The van der Waals surface area contributed by atoms with E-state index in [0.29, 0.717) is 0 Å². The van der Waals surface area contributed by atoms with Gasteiger partial charge in [0.2, 0.25) is 0 Å². The van der Waals surface area contributed by atoms with Gasteiger partial charge in [-0.1, -0.05) is 80.0 Å². The topological polar surface area (TPSA) is 0 Å². The van der Waals surface area contributed by atoms with Crippen LogP contribution in [-0.2, 0) is 0 Å². The molecule has 0 aromatic heterocycles. The Balaban J connectivity index is 2.36. The summed E-state index contributed by atoms with van der Waals surface area (Å²) in [6.07, 6.45) is 2.24. The van der Waals surface area contributed by atoms with E-state index in [1.165, 1.54) is 10.8 Å². The molecule has 0 spiro atoms. The van der Waals surface area contributed by atoms with Crippen LogP contribution in [0.2, 0.25) is 19.6 Å². The Kier molecular flexibility index (Phi) is 4.60. The minimum absolute atomic E-state index is 1.07. The fourth-order valence-corrected chi connectivity index (χ4v) is 2.85. The van der Waals surface area contributed by atoms with Gasteiger partial charge in [0.1, 0.15) is 0 Å². The second-order valence-corrected chi connectivity index (χ2v) is 10.9. The average Bonchev–Trinajstić information content (AvgIpc) is 2.44. The molecule has 2 aromatic rings. The lowest BCUT2D eigenvalue weighted by atomic mass is 10.2. The molecule has 0 saturated heterocycles. The summed E-state index contributed by atoms with van der Waals surface area (Å²) in [6.45, 7) is 7.00. The lowest BCUT2D eigenvalue weighted by Crippen LogP contribution is -2.22. The standard InChI is InChI=1S/C19H20Si/c1-20(2,3)19(16-18-12-8-5-9-13-18)15-14-17-10-6-4-7-11-17/h4-13,16H,1-3H3/b19-16-. The quantitative estimate of drug-likeness (QED) is 0.535. The Hall–Kier alpha value is -2.04. The Labute approximate surface area is 123 Å². The van der Waals surface area contributed by atoms with Gasteiger partial charge in [-0.3, -0.25) is 0 Å². The molecule has 0 unspecified atom stereocenters. The van der Waals surface area contributed by atoms with Gasteiger partial charge in [-0.25, -0.2) is 0 Å². The van der Waals surface area contributed by atoms with Crippen molar-refractivity contribution in [1.29, 1.82) is 0 Å². The maximum atomic E-state index is 3.40. The van der Waals surface area contributed by atoms with E-state index in [4.69, 9.17) is 0 Å². The van der Waals surface area contributed by atoms with Crippen molar-refractivity contribution in [3.05, 3.63) is 77.0 Å². The third-order valence-corrected chi connectivity index (χ3v) is 4.92. The van der Waals surface area contributed by atoms with Crippen molar-refractivity contribution in [1.82, 2.24) is 0 Å². The number of rotatable bonds is 2. The number of benzene rings is 2. The van der Waals surface area contributed by atoms with Gasteiger partial charge in [0, 0.05) is 5.56 Å². The van der Waals surface area contributed by atoms with E-state index in [9.17, 15) is 0 Å². The second-order valence-electron chi connectivity index (χ2n) is 5.83. The molecule has 0 atom stereocenters. The van der Waals surface area contributed by atoms with Gasteiger partial charge < -0.3 is 0 Å². The summed E-state index contributed by atoms with van der Waals surface area (Å²) in [4.78, 5) is 0. The molecule has 0 aliphatic carbocycles. The molecule has 0 N–H and O–H groups in total. The van der Waals surface area contributed by atoms with Crippen molar-refractivity contribution >= 4 is 14.1 Å². The van der Waals surface area contributed by atoms with Crippen molar-refractivity contribution in [2.75, 3.05) is 0 Å². The Morgan fingerprint density at radius 3 is 1.95 bits per heavy atom. The Morgan fingerprint density at radius 2 is 1.40 bits per heavy atom. The van der Waals surface area contributed by atoms with Crippen LogP contribution in [0.25, 0.3) is 6.08 Å². The van der Waals surface area contributed by atoms with E-state index in [2.05, 4.69) is 74.0 Å². The van der Waals surface area contributed by atoms with Crippen molar-refractivity contribution in [2.45, 2.75) is 19.6 Å². The zero-order valence-electron chi connectivity index (χ0n) is 12.4. The summed E-state index contributed by atoms with van der Waals surface area (Å²) < 4.78 is 0. The second kappa shape index (κ2) is 6.41. The molecule has 2 rings (SSSR count). The fourth-order valence-electron chi connectivity index (χ4n) is 1.82. The highest BCUT2D eigenvalue weighted by molar-refractivity contribution is 6.84. The molecule has 0 nitrogen and oxygen atoms in total. The van der Waals surface area contributed by atoms with E-state index in [0.717, 1.165) is 5.56 Å². The number of hydrogen-bond acceptors (Lipinski definition) is 0. The highest BCUT2D eigenvalue weighted by atomic mass is 28.3. The van der Waals surface area contributed by atoms with Crippen LogP contribution in [0.5, 0.6) is 0 Å². The van der Waals surface area contributed by atoms with Gasteiger partial charge >= 0.3 is 0 Å². The minimum atomic E-state index is -1.44. The van der Waals surface area contributed by atoms with Crippen LogP contribution in [0.4, 0.5) is 0 Å². The summed E-state index contributed by atoms with van der Waals surface area (Å²) in [5.74, 6) is 6.69. The zero-order chi connectivity index (χ0) is 14.4. The normalized spacial score (nSPS) is 11.7. The molecular formula is C19H20Si. The number of allylic oxidation sites excluding steroid dienone is 1. The largest absolute Gasteiger partial charge is 0.0884 e. The van der Waals surface area contributed by atoms with Gasteiger partial charge in [-0.05, 0) is 29.0 Å². The first-order chi connectivity index (χ1) is 9.55. The van der Waals surface area contributed by atoms with Crippen LogP contribution >= 0.6 is 0 Å². The molecule has 0 heterocycles. The van der Waals surface area contributed by atoms with Crippen molar-refractivity contribution in [2.24, 2.45) is 0 Å². The summed E-state index contributed by atoms with van der Waals surface area (Å²) >= 11 is 0. The molecule has 0 aliphatic rings. The van der Waals surface area contributed by atoms with Crippen LogP contribution in [0.15, 0.2) is 65.9 Å². The molecule has 2 aromatic carbocycles. The first-order valence-corrected chi connectivity index (χ1v) is 10.4. The van der Waals surface area contributed by atoms with Crippen molar-refractivity contribution < 1.29 is 0 Å². The SMILES string of the molecule is C[Si](C)(C)/C(C#Cc1ccccc1)=C\c1ccccc1. The van der Waals surface area contributed by atoms with Crippen LogP contribution in [0, 0.1) is 11.8 Å². The van der Waals surface area contributed by atoms with Crippen LogP contribution in [0.1, 0.15) is 11.1 Å². The molecule has 0 amide bonds. The third-order valence-electron chi connectivity index (χ3n) is 3.03. The Morgan fingerprint density at radius 1 is 0.850 bits per heavy atom. The Bertz CT molecular complexity index is 635. The lowest BCUT2D eigenvalue weighted by molar-refractivity contribution is 1.63. The van der Waals surface area contributed by atoms with E-state index < -0.39 is 8.07 Å². The van der Waals surface area contributed by atoms with E-state index in [1.54, 1.807) is 0 Å². The molecular weight excluding hydrogens is 256 g/mol. The van der Waals surface area contributed by atoms with Crippen LogP contribution < -0.4 is 0 Å².